The van der Waals surface area contributed by atoms with Crippen LogP contribution in [0.2, 0.25) is 5.15 Å². The van der Waals surface area contributed by atoms with Crippen LogP contribution in [-0.2, 0) is 0 Å². The molecule has 0 aliphatic carbocycles. The summed E-state index contributed by atoms with van der Waals surface area (Å²) in [6, 6.07) is 42.2. The molecular formula is C57H60ClN8NaO8. The molecule has 0 bridgehead atoms. The number of rotatable bonds is 14. The Morgan fingerprint density at radius 3 is 1.68 bits per heavy atom. The van der Waals surface area contributed by atoms with E-state index in [9.17, 15) is 9.59 Å². The largest absolute Gasteiger partial charge is 1.00 e. The Labute approximate surface area is 465 Å². The van der Waals surface area contributed by atoms with E-state index in [1.54, 1.807) is 50.6 Å². The molecule has 0 unspecified atom stereocenters. The summed E-state index contributed by atoms with van der Waals surface area (Å²) in [4.78, 5) is 48.2. The second-order valence-corrected chi connectivity index (χ2v) is 17.9. The molecule has 4 aromatic carbocycles. The average Bonchev–Trinajstić information content (AvgIpc) is 3.98. The smallest absolute Gasteiger partial charge is 1.00 e. The van der Waals surface area contributed by atoms with Crippen LogP contribution in [-0.4, -0.2) is 126 Å². The van der Waals surface area contributed by atoms with Crippen molar-refractivity contribution >= 4 is 45.5 Å². The van der Waals surface area contributed by atoms with E-state index in [1.165, 1.54) is 0 Å². The molecule has 2 saturated heterocycles. The molecule has 0 radical (unpaired) electrons. The molecule has 6 heterocycles. The number of methoxy groups -OCH3 is 4. The molecule has 2 N–H and O–H groups in total. The van der Waals surface area contributed by atoms with Crippen molar-refractivity contribution in [1.82, 2.24) is 40.0 Å². The first-order valence-corrected chi connectivity index (χ1v) is 24.4. The molecule has 2 aliphatic rings. The zero-order valence-electron chi connectivity index (χ0n) is 44.3. The van der Waals surface area contributed by atoms with Gasteiger partial charge in [-0.3, -0.25) is 9.97 Å². The average molecular weight is 1040 g/mol. The van der Waals surface area contributed by atoms with Crippen LogP contribution in [0.3, 0.4) is 0 Å². The Balaban J connectivity index is 0.000000203. The van der Waals surface area contributed by atoms with E-state index >= 15 is 0 Å². The van der Waals surface area contributed by atoms with Crippen LogP contribution >= 0.6 is 11.6 Å². The van der Waals surface area contributed by atoms with Crippen LogP contribution in [0.5, 0.6) is 28.9 Å². The summed E-state index contributed by atoms with van der Waals surface area (Å²) >= 11 is 6.24. The number of nitrogens with one attached hydrogen (secondary N) is 1. The molecule has 2 aliphatic heterocycles. The zero-order chi connectivity index (χ0) is 52.3. The van der Waals surface area contributed by atoms with Crippen molar-refractivity contribution in [3.8, 4) is 51.4 Å². The Morgan fingerprint density at radius 2 is 1.16 bits per heavy atom. The van der Waals surface area contributed by atoms with Gasteiger partial charge < -0.3 is 50.2 Å². The van der Waals surface area contributed by atoms with Crippen LogP contribution in [0.15, 0.2) is 146 Å². The quantitative estimate of drug-likeness (QED) is 0.0818. The fourth-order valence-corrected chi connectivity index (χ4v) is 9.06. The number of aliphatic hydroxyl groups excluding tert-OH is 1. The van der Waals surface area contributed by atoms with Gasteiger partial charge in [0.25, 0.3) is 0 Å². The zero-order valence-corrected chi connectivity index (χ0v) is 46.1. The number of amides is 4. The van der Waals surface area contributed by atoms with Crippen LogP contribution < -0.4 is 58.6 Å². The molecule has 2 fully saturated rings. The van der Waals surface area contributed by atoms with Crippen LogP contribution in [0.4, 0.5) is 9.59 Å². The summed E-state index contributed by atoms with van der Waals surface area (Å²) in [5, 5.41) is 13.8. The molecule has 0 spiro atoms. The number of hydrogen-bond acceptors (Lipinski definition) is 12. The number of hydrogen-bond donors (Lipinski definition) is 2. The normalized spacial score (nSPS) is 15.7. The van der Waals surface area contributed by atoms with E-state index in [2.05, 4.69) is 27.2 Å². The molecular weight excluding hydrogens is 983 g/mol. The Bertz CT molecular complexity index is 3220. The van der Waals surface area contributed by atoms with E-state index in [4.69, 9.17) is 45.4 Å². The number of aliphatic hydroxyl groups is 1. The van der Waals surface area contributed by atoms with Gasteiger partial charge in [0, 0.05) is 49.0 Å². The minimum absolute atomic E-state index is 0. The van der Waals surface area contributed by atoms with Crippen molar-refractivity contribution in [3.05, 3.63) is 162 Å². The summed E-state index contributed by atoms with van der Waals surface area (Å²) in [6.07, 6.45) is 3.48. The number of fused-ring (bicyclic) bond motifs is 2. The van der Waals surface area contributed by atoms with Gasteiger partial charge >= 0.3 is 41.6 Å². The topological polar surface area (TPSA) is 174 Å². The third-order valence-electron chi connectivity index (χ3n) is 13.1. The maximum absolute atomic E-state index is 13.1. The van der Waals surface area contributed by atoms with E-state index in [0.29, 0.717) is 59.4 Å². The fourth-order valence-electron chi connectivity index (χ4n) is 8.81. The summed E-state index contributed by atoms with van der Waals surface area (Å²) in [6.45, 7) is 5.48. The maximum Gasteiger partial charge on any atom is 1.00 e. The predicted molar refractivity (Wildman–Crippen MR) is 287 cm³/mol. The van der Waals surface area contributed by atoms with Gasteiger partial charge in [0.1, 0.15) is 11.8 Å². The molecule has 0 saturated carbocycles. The van der Waals surface area contributed by atoms with E-state index in [1.807, 2.05) is 152 Å². The first-order chi connectivity index (χ1) is 35.9. The molecule has 18 heteroatoms. The molecule has 8 aromatic rings. The van der Waals surface area contributed by atoms with Gasteiger partial charge in [-0.2, -0.15) is 0 Å². The monoisotopic (exact) mass is 1040 g/mol. The second kappa shape index (κ2) is 25.8. The number of urea groups is 2. The van der Waals surface area contributed by atoms with Gasteiger partial charge in [0.15, 0.2) is 23.0 Å². The first-order valence-electron chi connectivity index (χ1n) is 24.0. The van der Waals surface area contributed by atoms with Crippen molar-refractivity contribution < 1.29 is 69.4 Å². The predicted octanol–water partition coefficient (Wildman–Crippen LogP) is 7.41. The molecule has 384 valence electrons. The summed E-state index contributed by atoms with van der Waals surface area (Å²) in [5.41, 5.74) is 6.98. The molecule has 16 nitrogen and oxygen atoms in total. The SMILES string of the molecule is COc1ccc(-c2cc3ncccc3c(Cl)n2)cc1OC.COc1ccc(-c2cc3ncccc3c(OC[C@H]3CN([C@H](C)c4ccccc4)C(=O)N3C)n2)cc1OC.C[C@H](c1ccccc1)N1C[C@H](CO)NC1=O.[H-].[Na+]. The number of carbonyl (C=O) groups excluding carboxylic acids is 2. The summed E-state index contributed by atoms with van der Waals surface area (Å²) in [5.74, 6) is 3.06. The number of pyridine rings is 4. The van der Waals surface area contributed by atoms with Gasteiger partial charge in [-0.25, -0.2) is 19.6 Å². The third kappa shape index (κ3) is 12.8. The van der Waals surface area contributed by atoms with Gasteiger partial charge in [-0.05, 0) is 97.8 Å². The van der Waals surface area contributed by atoms with Gasteiger partial charge in [0.2, 0.25) is 5.88 Å². The van der Waals surface area contributed by atoms with Crippen molar-refractivity contribution in [1.29, 1.82) is 0 Å². The third-order valence-corrected chi connectivity index (χ3v) is 13.4. The van der Waals surface area contributed by atoms with Crippen molar-refractivity contribution in [2.45, 2.75) is 38.0 Å². The number of benzene rings is 4. The summed E-state index contributed by atoms with van der Waals surface area (Å²) in [7, 11) is 8.23. The number of halogens is 1. The molecule has 75 heavy (non-hydrogen) atoms. The molecule has 4 amide bonds. The van der Waals surface area contributed by atoms with E-state index in [-0.39, 0.29) is 73.8 Å². The minimum Gasteiger partial charge on any atom is -1.00 e. The van der Waals surface area contributed by atoms with Crippen molar-refractivity contribution in [2.24, 2.45) is 0 Å². The number of aromatic nitrogens is 4. The first kappa shape index (κ1) is 55.5. The Hall–Kier alpha value is -7.21. The van der Waals surface area contributed by atoms with Crippen molar-refractivity contribution in [2.75, 3.05) is 61.8 Å². The molecule has 10 rings (SSSR count). The standard InChI is InChI=1S/C29H30N4O4.C16H13ClN2O2.C12H16N2O2.Na.H/c1-19(20-9-6-5-7-10-20)33-17-22(32(2)29(33)34)18-37-28-23-11-8-14-30-25(23)16-24(31-28)21-12-13-26(35-3)27(15-21)36-4;1-20-14-6-5-10(8-15(14)21-2)12-9-13-11(16(17)19-12)4-3-7-18-13;1-9(10-5-3-2-4-6-10)14-7-11(8-15)13-12(14)16;;/h5-16,19,22H,17-18H2,1-4H3;3-9H,1-2H3;2-6,9,11,15H,7-8H2,1H3,(H,13,16);;/q;;;+1;-1/t19-,22-;;9-,11-;;/m1.1../s1. The molecule has 4 atom stereocenters. The van der Waals surface area contributed by atoms with Crippen molar-refractivity contribution in [3.63, 3.8) is 0 Å². The van der Waals surface area contributed by atoms with Crippen LogP contribution in [0.25, 0.3) is 44.3 Å². The second-order valence-electron chi connectivity index (χ2n) is 17.6. The minimum atomic E-state index is -0.140. The number of ether oxygens (including phenoxy) is 5. The Kier molecular flexibility index (Phi) is 19.1. The maximum atomic E-state index is 13.1. The van der Waals surface area contributed by atoms with E-state index < -0.39 is 0 Å². The number of carbonyl (C=O) groups is 2. The summed E-state index contributed by atoms with van der Waals surface area (Å²) < 4.78 is 27.7. The number of nitrogens with zero attached hydrogens (tertiary/aromatic N) is 7. The van der Waals surface area contributed by atoms with Crippen LogP contribution in [0, 0.1) is 0 Å². The van der Waals surface area contributed by atoms with E-state index in [0.717, 1.165) is 49.8 Å². The Morgan fingerprint density at radius 1 is 0.653 bits per heavy atom. The van der Waals surface area contributed by atoms with Gasteiger partial charge in [0.05, 0.1) is 87.0 Å². The number of likely N-dealkylation sites (N-methyl/N-ethyl adjacent to an activating group) is 1. The van der Waals surface area contributed by atoms with Gasteiger partial charge in [-0.15, -0.1) is 0 Å². The van der Waals surface area contributed by atoms with Gasteiger partial charge in [-0.1, -0.05) is 72.3 Å². The van der Waals surface area contributed by atoms with Crippen LogP contribution in [0.1, 0.15) is 38.5 Å². The fraction of sp³-hybridized carbons (Fsp3) is 0.263. The molecule has 4 aromatic heterocycles.